The summed E-state index contributed by atoms with van der Waals surface area (Å²) in [4.78, 5) is 50.6. The highest BCUT2D eigenvalue weighted by atomic mass is 35.5. The zero-order chi connectivity index (χ0) is 29.5. The van der Waals surface area contributed by atoms with E-state index in [1.165, 1.54) is 42.7 Å². The minimum atomic E-state index is -2.39. The number of carbonyl (C=O) groups is 3. The zero-order valence-electron chi connectivity index (χ0n) is 22.0. The summed E-state index contributed by atoms with van der Waals surface area (Å²) >= 11 is 5.94. The van der Waals surface area contributed by atoms with E-state index < -0.39 is 67.9 Å². The van der Waals surface area contributed by atoms with Crippen LogP contribution in [0.4, 0.5) is 10.2 Å². The number of methoxy groups -OCH3 is 1. The molecule has 0 amide bonds. The molecule has 0 bridgehead atoms. The predicted octanol–water partition coefficient (Wildman–Crippen LogP) is 0.278. The van der Waals surface area contributed by atoms with Gasteiger partial charge in [0, 0.05) is 13.5 Å². The smallest absolute Gasteiger partial charge is 0.356 e. The molecule has 18 heteroatoms. The van der Waals surface area contributed by atoms with Crippen molar-refractivity contribution in [3.63, 3.8) is 0 Å². The van der Waals surface area contributed by atoms with Gasteiger partial charge in [0.25, 0.3) is 5.60 Å². The number of anilines is 1. The molecule has 1 unspecified atom stereocenters. The fourth-order valence-electron chi connectivity index (χ4n) is 4.66. The van der Waals surface area contributed by atoms with E-state index in [0.717, 1.165) is 0 Å². The Morgan fingerprint density at radius 3 is 2.85 bits per heavy atom. The second-order valence-corrected chi connectivity index (χ2v) is 9.40. The summed E-state index contributed by atoms with van der Waals surface area (Å²) in [5.74, 6) is -2.94. The van der Waals surface area contributed by atoms with Crippen molar-refractivity contribution in [1.82, 2.24) is 29.3 Å². The molecule has 0 radical (unpaired) electrons. The number of alkyl halides is 1. The van der Waals surface area contributed by atoms with Crippen molar-refractivity contribution < 1.29 is 47.2 Å². The number of nitrogen functional groups attached to an aromatic ring is 1. The second kappa shape index (κ2) is 11.2. The van der Waals surface area contributed by atoms with Crippen molar-refractivity contribution in [1.29, 1.82) is 0 Å². The number of halogens is 2. The summed E-state index contributed by atoms with van der Waals surface area (Å²) in [6, 6.07) is 1.33. The number of esters is 3. The maximum Gasteiger partial charge on any atom is 0.356 e. The monoisotopic (exact) mass is 597 g/mol. The van der Waals surface area contributed by atoms with Gasteiger partial charge in [-0.15, -0.1) is 0 Å². The molecule has 3 aromatic rings. The van der Waals surface area contributed by atoms with Crippen LogP contribution in [0.5, 0.6) is 0 Å². The number of imidazole rings is 1. The molecular weight excluding hydrogens is 573 g/mol. The fraction of sp³-hybridized carbons (Fsp3) is 0.522. The van der Waals surface area contributed by atoms with Crippen LogP contribution in [0.25, 0.3) is 11.2 Å². The average molecular weight is 598 g/mol. The van der Waals surface area contributed by atoms with Crippen molar-refractivity contribution in [3.05, 3.63) is 29.1 Å². The van der Waals surface area contributed by atoms with Crippen LogP contribution in [-0.2, 0) is 51.5 Å². The summed E-state index contributed by atoms with van der Waals surface area (Å²) in [7, 11) is 2.67. The Balaban J connectivity index is 1.46. The van der Waals surface area contributed by atoms with E-state index in [9.17, 15) is 14.4 Å². The molecule has 2 aliphatic rings. The van der Waals surface area contributed by atoms with Crippen LogP contribution < -0.4 is 5.73 Å². The number of carbonyl (C=O) groups excluding carboxylic acids is 3. The molecule has 2 N–H and O–H groups in total. The number of ether oxygens (including phenoxy) is 6. The molecule has 5 rings (SSSR count). The molecule has 3 aromatic heterocycles. The summed E-state index contributed by atoms with van der Waals surface area (Å²) < 4.78 is 50.7. The van der Waals surface area contributed by atoms with E-state index in [1.54, 1.807) is 0 Å². The van der Waals surface area contributed by atoms with Gasteiger partial charge in [0.2, 0.25) is 5.28 Å². The van der Waals surface area contributed by atoms with Gasteiger partial charge in [-0.05, 0) is 24.6 Å². The van der Waals surface area contributed by atoms with Gasteiger partial charge in [0.15, 0.2) is 30.7 Å². The number of nitrogens with zero attached hydrogens (tertiary/aromatic N) is 6. The van der Waals surface area contributed by atoms with E-state index >= 15 is 4.39 Å². The lowest BCUT2D eigenvalue weighted by Gasteiger charge is -2.28. The highest BCUT2D eigenvalue weighted by molar-refractivity contribution is 6.28. The number of fused-ring (bicyclic) bond motifs is 2. The number of rotatable bonds is 6. The molecule has 2 fully saturated rings. The zero-order valence-corrected chi connectivity index (χ0v) is 22.7. The van der Waals surface area contributed by atoms with Crippen LogP contribution >= 0.6 is 11.6 Å². The van der Waals surface area contributed by atoms with Crippen molar-refractivity contribution >= 4 is 46.5 Å². The lowest BCUT2D eigenvalue weighted by Crippen LogP contribution is -2.54. The molecule has 0 spiro atoms. The molecule has 0 saturated carbocycles. The standard InChI is InChI=1S/C23H25ClFN7O9/c1-4-37-20(34)23(6-10-5-11(19(33)36-3)31(2)30-10)21(35)39-9-38-15-12(7-40-23)41-18(13(15)25)32-8-27-14-16(26)28-22(24)29-17(14)32/h5,8,12-13,15,18H,4,6-7,9H2,1-3H3,(H2,26,28,29)/t12-,13+,15-,18-,23?/m1/s1. The SMILES string of the molecule is CCOC(=O)C1(Cc2cc(C(=O)OC)n(C)n2)OC[C@H]2O[C@@H](n3cnc4c(N)nc(Cl)nc43)[C@@H](F)[C@@H]2OCOC1=O. The van der Waals surface area contributed by atoms with Gasteiger partial charge in [0.05, 0.1) is 32.3 Å². The van der Waals surface area contributed by atoms with Gasteiger partial charge in [0.1, 0.15) is 23.4 Å². The van der Waals surface area contributed by atoms with E-state index in [-0.39, 0.29) is 40.3 Å². The Bertz CT molecular complexity index is 1500. The van der Waals surface area contributed by atoms with Crippen LogP contribution in [0, 0.1) is 0 Å². The number of aryl methyl sites for hydroxylation is 1. The molecule has 5 heterocycles. The Labute approximate surface area is 235 Å². The van der Waals surface area contributed by atoms with E-state index in [4.69, 9.17) is 45.8 Å². The van der Waals surface area contributed by atoms with Gasteiger partial charge in [-0.25, -0.2) is 23.8 Å². The Morgan fingerprint density at radius 1 is 1.34 bits per heavy atom. The first-order valence-corrected chi connectivity index (χ1v) is 12.6. The highest BCUT2D eigenvalue weighted by Crippen LogP contribution is 2.38. The average Bonchev–Trinajstić information content (AvgIpc) is 3.61. The van der Waals surface area contributed by atoms with Crippen molar-refractivity contribution in [2.45, 2.75) is 43.6 Å². The van der Waals surface area contributed by atoms with Crippen LogP contribution in [0.2, 0.25) is 5.28 Å². The molecule has 0 aliphatic carbocycles. The lowest BCUT2D eigenvalue weighted by molar-refractivity contribution is -0.197. The second-order valence-electron chi connectivity index (χ2n) is 9.06. The molecule has 41 heavy (non-hydrogen) atoms. The van der Waals surface area contributed by atoms with Gasteiger partial charge < -0.3 is 34.2 Å². The largest absolute Gasteiger partial charge is 0.464 e. The molecule has 220 valence electrons. The first kappa shape index (κ1) is 28.6. The summed E-state index contributed by atoms with van der Waals surface area (Å²) in [5.41, 5.74) is 3.94. The molecule has 2 aliphatic heterocycles. The number of cyclic esters (lactones) is 1. The normalized spacial score (nSPS) is 26.5. The fourth-order valence-corrected chi connectivity index (χ4v) is 4.83. The number of nitrogens with two attached hydrogens (primary N) is 1. The molecular formula is C23H25ClFN7O9. The van der Waals surface area contributed by atoms with Crippen LogP contribution in [0.1, 0.15) is 29.3 Å². The quantitative estimate of drug-likeness (QED) is 0.176. The lowest BCUT2D eigenvalue weighted by atomic mass is 9.96. The highest BCUT2D eigenvalue weighted by Gasteiger charge is 2.55. The van der Waals surface area contributed by atoms with Gasteiger partial charge in [-0.2, -0.15) is 15.1 Å². The third kappa shape index (κ3) is 5.05. The third-order valence-electron chi connectivity index (χ3n) is 6.60. The Kier molecular flexibility index (Phi) is 7.78. The maximum absolute atomic E-state index is 15.8. The van der Waals surface area contributed by atoms with Crippen LogP contribution in [0.15, 0.2) is 12.4 Å². The molecule has 2 saturated heterocycles. The van der Waals surface area contributed by atoms with Crippen LogP contribution in [-0.4, -0.2) is 98.3 Å². The molecule has 0 aromatic carbocycles. The predicted molar refractivity (Wildman–Crippen MR) is 133 cm³/mol. The minimum absolute atomic E-state index is 0.00902. The minimum Gasteiger partial charge on any atom is -0.464 e. The maximum atomic E-state index is 15.8. The summed E-state index contributed by atoms with van der Waals surface area (Å²) in [6.07, 6.45) is -4.81. The Hall–Kier alpha value is -3.93. The molecule has 16 nitrogen and oxygen atoms in total. The summed E-state index contributed by atoms with van der Waals surface area (Å²) in [6.45, 7) is 0.207. The van der Waals surface area contributed by atoms with E-state index in [0.29, 0.717) is 0 Å². The van der Waals surface area contributed by atoms with Gasteiger partial charge >= 0.3 is 17.9 Å². The third-order valence-corrected chi connectivity index (χ3v) is 6.77. The van der Waals surface area contributed by atoms with Crippen molar-refractivity contribution in [2.75, 3.05) is 32.9 Å². The van der Waals surface area contributed by atoms with Crippen molar-refractivity contribution in [2.24, 2.45) is 7.05 Å². The van der Waals surface area contributed by atoms with Crippen molar-refractivity contribution in [3.8, 4) is 0 Å². The number of aromatic nitrogens is 6. The van der Waals surface area contributed by atoms with E-state index in [2.05, 4.69) is 20.1 Å². The first-order valence-electron chi connectivity index (χ1n) is 12.3. The Morgan fingerprint density at radius 2 is 2.12 bits per heavy atom. The molecule has 5 atom stereocenters. The van der Waals surface area contributed by atoms with Gasteiger partial charge in [-0.1, -0.05) is 0 Å². The number of hydrogen-bond acceptors (Lipinski definition) is 14. The van der Waals surface area contributed by atoms with Gasteiger partial charge in [-0.3, -0.25) is 9.25 Å². The topological polar surface area (TPSA) is 194 Å². The first-order chi connectivity index (χ1) is 19.6. The number of hydrogen-bond donors (Lipinski definition) is 1. The van der Waals surface area contributed by atoms with E-state index in [1.807, 2.05) is 0 Å². The summed E-state index contributed by atoms with van der Waals surface area (Å²) in [5, 5.41) is 4.02. The van der Waals surface area contributed by atoms with Crippen LogP contribution in [0.3, 0.4) is 0 Å².